The second kappa shape index (κ2) is 3.38. The molecule has 17 heavy (non-hydrogen) atoms. The molecule has 0 aliphatic rings. The molecule has 2 aromatic heterocycles. The lowest BCUT2D eigenvalue weighted by atomic mass is 10.1. The van der Waals surface area contributed by atoms with Crippen LogP contribution in [0.3, 0.4) is 0 Å². The van der Waals surface area contributed by atoms with E-state index < -0.39 is 0 Å². The summed E-state index contributed by atoms with van der Waals surface area (Å²) in [7, 11) is 0. The summed E-state index contributed by atoms with van der Waals surface area (Å²) >= 11 is 0. The predicted octanol–water partition coefficient (Wildman–Crippen LogP) is 2.55. The fourth-order valence-corrected chi connectivity index (χ4v) is 2.22. The highest BCUT2D eigenvalue weighted by atomic mass is 16.1. The zero-order chi connectivity index (χ0) is 12.0. The van der Waals surface area contributed by atoms with Gasteiger partial charge in [-0.1, -0.05) is 6.07 Å². The van der Waals surface area contributed by atoms with Crippen molar-refractivity contribution in [1.29, 1.82) is 0 Å². The zero-order valence-corrected chi connectivity index (χ0v) is 9.64. The standard InChI is InChI=1S/C13H11N3O/c1-8-15-13-11-7-14-6-5-10(11)3-4-12(13)16(8)9(2)17/h3-7H,1-2H3. The highest BCUT2D eigenvalue weighted by Crippen LogP contribution is 2.24. The summed E-state index contributed by atoms with van der Waals surface area (Å²) in [6, 6.07) is 5.86. The lowest BCUT2D eigenvalue weighted by Crippen LogP contribution is -2.06. The Kier molecular flexibility index (Phi) is 1.98. The van der Waals surface area contributed by atoms with Gasteiger partial charge in [0.25, 0.3) is 0 Å². The van der Waals surface area contributed by atoms with Gasteiger partial charge in [0.2, 0.25) is 5.91 Å². The number of aromatic nitrogens is 3. The van der Waals surface area contributed by atoms with Crippen LogP contribution in [0.25, 0.3) is 21.8 Å². The summed E-state index contributed by atoms with van der Waals surface area (Å²) in [5, 5.41) is 2.06. The Morgan fingerprint density at radius 1 is 1.29 bits per heavy atom. The Morgan fingerprint density at radius 2 is 2.12 bits per heavy atom. The average Bonchev–Trinajstić information content (AvgIpc) is 2.65. The molecule has 0 saturated heterocycles. The predicted molar refractivity (Wildman–Crippen MR) is 66.1 cm³/mol. The summed E-state index contributed by atoms with van der Waals surface area (Å²) in [6.45, 7) is 3.38. The van der Waals surface area contributed by atoms with Gasteiger partial charge in [-0.05, 0) is 24.4 Å². The maximum absolute atomic E-state index is 11.6. The van der Waals surface area contributed by atoms with Crippen LogP contribution in [0.15, 0.2) is 30.6 Å². The van der Waals surface area contributed by atoms with Crippen LogP contribution >= 0.6 is 0 Å². The number of fused-ring (bicyclic) bond motifs is 3. The number of carbonyl (C=O) groups is 1. The molecule has 84 valence electrons. The minimum Gasteiger partial charge on any atom is -0.274 e. The van der Waals surface area contributed by atoms with Crippen molar-refractivity contribution in [2.45, 2.75) is 13.8 Å². The van der Waals surface area contributed by atoms with Gasteiger partial charge in [-0.25, -0.2) is 4.98 Å². The molecule has 3 rings (SSSR count). The van der Waals surface area contributed by atoms with Crippen LogP contribution in [0.5, 0.6) is 0 Å². The van der Waals surface area contributed by atoms with E-state index in [4.69, 9.17) is 0 Å². The van der Waals surface area contributed by atoms with Crippen molar-refractivity contribution in [3.63, 3.8) is 0 Å². The molecule has 0 radical (unpaired) electrons. The van der Waals surface area contributed by atoms with Gasteiger partial charge < -0.3 is 0 Å². The van der Waals surface area contributed by atoms with Crippen LogP contribution in [-0.4, -0.2) is 20.4 Å². The van der Waals surface area contributed by atoms with E-state index in [0.717, 1.165) is 21.8 Å². The summed E-state index contributed by atoms with van der Waals surface area (Å²) in [6.07, 6.45) is 3.54. The second-order valence-electron chi connectivity index (χ2n) is 4.04. The van der Waals surface area contributed by atoms with Gasteiger partial charge in [0.05, 0.1) is 11.0 Å². The minimum absolute atomic E-state index is 0.0201. The first kappa shape index (κ1) is 9.96. The van der Waals surface area contributed by atoms with E-state index in [1.807, 2.05) is 25.1 Å². The quantitative estimate of drug-likeness (QED) is 0.590. The number of hydrogen-bond donors (Lipinski definition) is 0. The number of imidazole rings is 1. The molecule has 2 heterocycles. The van der Waals surface area contributed by atoms with Crippen LogP contribution in [0.2, 0.25) is 0 Å². The Balaban J connectivity index is 2.53. The van der Waals surface area contributed by atoms with Crippen LogP contribution in [-0.2, 0) is 0 Å². The molecule has 0 amide bonds. The van der Waals surface area contributed by atoms with Crippen molar-refractivity contribution < 1.29 is 4.79 Å². The second-order valence-corrected chi connectivity index (χ2v) is 4.04. The fourth-order valence-electron chi connectivity index (χ4n) is 2.22. The molecule has 1 aromatic carbocycles. The van der Waals surface area contributed by atoms with Crippen molar-refractivity contribution in [2.75, 3.05) is 0 Å². The monoisotopic (exact) mass is 225 g/mol. The maximum Gasteiger partial charge on any atom is 0.229 e. The summed E-state index contributed by atoms with van der Waals surface area (Å²) in [4.78, 5) is 20.2. The number of pyridine rings is 1. The SMILES string of the molecule is CC(=O)n1c(C)nc2c3cnccc3ccc21. The average molecular weight is 225 g/mol. The Hall–Kier alpha value is -2.23. The molecule has 0 fully saturated rings. The lowest BCUT2D eigenvalue weighted by Gasteiger charge is -2.01. The molecule has 0 bridgehead atoms. The number of benzene rings is 1. The van der Waals surface area contributed by atoms with E-state index in [0.29, 0.717) is 5.82 Å². The largest absolute Gasteiger partial charge is 0.274 e. The Labute approximate surface area is 97.9 Å². The highest BCUT2D eigenvalue weighted by Gasteiger charge is 2.12. The summed E-state index contributed by atoms with van der Waals surface area (Å²) in [5.74, 6) is 0.692. The summed E-state index contributed by atoms with van der Waals surface area (Å²) < 4.78 is 1.63. The third-order valence-electron chi connectivity index (χ3n) is 2.93. The topological polar surface area (TPSA) is 47.8 Å². The highest BCUT2D eigenvalue weighted by molar-refractivity contribution is 6.06. The van der Waals surface area contributed by atoms with Crippen molar-refractivity contribution >= 4 is 27.7 Å². The smallest absolute Gasteiger partial charge is 0.229 e. The van der Waals surface area contributed by atoms with Crippen molar-refractivity contribution in [3.05, 3.63) is 36.4 Å². The Bertz CT molecular complexity index is 743. The molecule has 0 spiro atoms. The van der Waals surface area contributed by atoms with Gasteiger partial charge in [-0.3, -0.25) is 14.3 Å². The van der Waals surface area contributed by atoms with Crippen LogP contribution in [0.4, 0.5) is 0 Å². The molecule has 0 aliphatic carbocycles. The molecule has 0 saturated carbocycles. The number of carbonyl (C=O) groups excluding carboxylic acids is 1. The van der Waals surface area contributed by atoms with E-state index >= 15 is 0 Å². The molecule has 0 atom stereocenters. The van der Waals surface area contributed by atoms with Gasteiger partial charge in [-0.15, -0.1) is 0 Å². The normalized spacial score (nSPS) is 11.2. The molecule has 3 aromatic rings. The number of hydrogen-bond acceptors (Lipinski definition) is 3. The molecular formula is C13H11N3O. The van der Waals surface area contributed by atoms with Crippen LogP contribution in [0.1, 0.15) is 17.5 Å². The number of rotatable bonds is 0. The third-order valence-corrected chi connectivity index (χ3v) is 2.93. The zero-order valence-electron chi connectivity index (χ0n) is 9.64. The van der Waals surface area contributed by atoms with E-state index in [2.05, 4.69) is 9.97 Å². The lowest BCUT2D eigenvalue weighted by molar-refractivity contribution is 0.0939. The van der Waals surface area contributed by atoms with E-state index in [-0.39, 0.29) is 5.91 Å². The first-order valence-corrected chi connectivity index (χ1v) is 5.41. The fraction of sp³-hybridized carbons (Fsp3) is 0.154. The van der Waals surface area contributed by atoms with E-state index in [1.165, 1.54) is 0 Å². The minimum atomic E-state index is -0.0201. The third kappa shape index (κ3) is 1.34. The van der Waals surface area contributed by atoms with Crippen molar-refractivity contribution in [2.24, 2.45) is 0 Å². The Morgan fingerprint density at radius 3 is 2.88 bits per heavy atom. The van der Waals surface area contributed by atoms with Gasteiger partial charge in [0.15, 0.2) is 0 Å². The van der Waals surface area contributed by atoms with Crippen LogP contribution < -0.4 is 0 Å². The summed E-state index contributed by atoms with van der Waals surface area (Å²) in [5.41, 5.74) is 1.68. The molecule has 0 N–H and O–H groups in total. The van der Waals surface area contributed by atoms with E-state index in [9.17, 15) is 4.79 Å². The molecule has 4 nitrogen and oxygen atoms in total. The number of nitrogens with zero attached hydrogens (tertiary/aromatic N) is 3. The van der Waals surface area contributed by atoms with Gasteiger partial charge in [0.1, 0.15) is 5.82 Å². The number of aryl methyl sites for hydroxylation is 1. The van der Waals surface area contributed by atoms with Gasteiger partial charge in [0, 0.05) is 24.7 Å². The maximum atomic E-state index is 11.6. The van der Waals surface area contributed by atoms with Crippen molar-refractivity contribution in [3.8, 4) is 0 Å². The molecule has 0 aliphatic heterocycles. The van der Waals surface area contributed by atoms with E-state index in [1.54, 1.807) is 23.9 Å². The molecule has 0 unspecified atom stereocenters. The van der Waals surface area contributed by atoms with Gasteiger partial charge >= 0.3 is 0 Å². The first-order valence-electron chi connectivity index (χ1n) is 5.41. The molecular weight excluding hydrogens is 214 g/mol. The van der Waals surface area contributed by atoms with Crippen LogP contribution in [0, 0.1) is 6.92 Å². The molecule has 4 heteroatoms. The van der Waals surface area contributed by atoms with Crippen molar-refractivity contribution in [1.82, 2.24) is 14.5 Å². The first-order chi connectivity index (χ1) is 8.18. The van der Waals surface area contributed by atoms with Gasteiger partial charge in [-0.2, -0.15) is 0 Å².